The molecule has 2 fully saturated rings. The molecule has 2 N–H and O–H groups in total. The lowest BCUT2D eigenvalue weighted by Crippen LogP contribution is -2.62. The second-order valence-electron chi connectivity index (χ2n) is 11.8. The largest absolute Gasteiger partial charge is 0.395 e. The highest BCUT2D eigenvalue weighted by Gasteiger charge is 2.40. The number of halogens is 1. The molecular weight excluding hydrogens is 483 g/mol. The number of nitrogens with zero attached hydrogens (tertiary/aromatic N) is 3. The van der Waals surface area contributed by atoms with Crippen LogP contribution in [0, 0.1) is 5.82 Å². The van der Waals surface area contributed by atoms with Crippen molar-refractivity contribution in [3.05, 3.63) is 65.0 Å². The number of amides is 1. The van der Waals surface area contributed by atoms with Gasteiger partial charge in [0.05, 0.1) is 32.4 Å². The van der Waals surface area contributed by atoms with E-state index in [1.54, 1.807) is 0 Å². The number of hydrogen-bond acceptors (Lipinski definition) is 6. The summed E-state index contributed by atoms with van der Waals surface area (Å²) in [5, 5.41) is 13.4. The number of hydrogen-bond donors (Lipinski definition) is 2. The van der Waals surface area contributed by atoms with E-state index in [2.05, 4.69) is 54.1 Å². The van der Waals surface area contributed by atoms with Gasteiger partial charge >= 0.3 is 0 Å². The van der Waals surface area contributed by atoms with Gasteiger partial charge in [-0.25, -0.2) is 4.39 Å². The smallest absolute Gasteiger partial charge is 0.241 e. The van der Waals surface area contributed by atoms with E-state index in [0.29, 0.717) is 38.8 Å². The molecule has 38 heavy (non-hydrogen) atoms. The van der Waals surface area contributed by atoms with Gasteiger partial charge in [-0.15, -0.1) is 0 Å². The highest BCUT2D eigenvalue weighted by Crippen LogP contribution is 2.41. The topological polar surface area (TPSA) is 68.3 Å². The number of carbonyl (C=O) groups excluding carboxylic acids is 1. The van der Waals surface area contributed by atoms with Crippen LogP contribution in [0.2, 0.25) is 0 Å². The van der Waals surface area contributed by atoms with E-state index >= 15 is 0 Å². The predicted octanol–water partition coefficient (Wildman–Crippen LogP) is 2.40. The summed E-state index contributed by atoms with van der Waals surface area (Å²) in [5.74, 6) is -0.113. The van der Waals surface area contributed by atoms with Gasteiger partial charge in [-0.3, -0.25) is 14.6 Å². The SMILES string of the molecule is C[C@@H]1CN(CC(=O)N2CC(C)(C)c3ccc(Cc4ccc(F)cc4)cc32)[C@@H](CN2CCOC[C@H]2CO)CN1. The van der Waals surface area contributed by atoms with E-state index in [-0.39, 0.29) is 35.8 Å². The number of carbonyl (C=O) groups is 1. The van der Waals surface area contributed by atoms with Gasteiger partial charge in [0, 0.05) is 55.9 Å². The van der Waals surface area contributed by atoms with Crippen LogP contribution >= 0.6 is 0 Å². The molecule has 0 radical (unpaired) electrons. The molecule has 5 rings (SSSR count). The molecule has 3 aliphatic heterocycles. The van der Waals surface area contributed by atoms with Crippen molar-refractivity contribution in [3.8, 4) is 0 Å². The van der Waals surface area contributed by atoms with Crippen molar-refractivity contribution >= 4 is 11.6 Å². The van der Waals surface area contributed by atoms with Crippen molar-refractivity contribution in [1.29, 1.82) is 0 Å². The average molecular weight is 525 g/mol. The molecule has 2 aromatic carbocycles. The van der Waals surface area contributed by atoms with Crippen molar-refractivity contribution in [3.63, 3.8) is 0 Å². The zero-order valence-corrected chi connectivity index (χ0v) is 22.8. The molecule has 2 aromatic rings. The van der Waals surface area contributed by atoms with Crippen LogP contribution in [0.1, 0.15) is 37.5 Å². The number of ether oxygens (including phenoxy) is 1. The zero-order chi connectivity index (χ0) is 26.9. The third kappa shape index (κ3) is 5.95. The molecule has 0 spiro atoms. The number of benzene rings is 2. The Morgan fingerprint density at radius 1 is 1.13 bits per heavy atom. The van der Waals surface area contributed by atoms with E-state index in [1.807, 2.05) is 17.0 Å². The molecule has 3 heterocycles. The van der Waals surface area contributed by atoms with Crippen molar-refractivity contribution in [2.75, 3.05) is 64.0 Å². The maximum atomic E-state index is 13.9. The second-order valence-corrected chi connectivity index (χ2v) is 11.8. The Morgan fingerprint density at radius 3 is 2.66 bits per heavy atom. The number of anilines is 1. The molecule has 0 unspecified atom stereocenters. The number of rotatable bonds is 7. The van der Waals surface area contributed by atoms with Gasteiger partial charge < -0.3 is 20.1 Å². The molecule has 0 bridgehead atoms. The second kappa shape index (κ2) is 11.4. The number of piperazine rings is 1. The van der Waals surface area contributed by atoms with Gasteiger partial charge in [0.15, 0.2) is 0 Å². The van der Waals surface area contributed by atoms with Crippen LogP contribution in [0.5, 0.6) is 0 Å². The molecule has 0 saturated carbocycles. The lowest BCUT2D eigenvalue weighted by Gasteiger charge is -2.44. The molecule has 7 nitrogen and oxygen atoms in total. The third-order valence-corrected chi connectivity index (χ3v) is 8.33. The average Bonchev–Trinajstić information content (AvgIpc) is 3.17. The van der Waals surface area contributed by atoms with Gasteiger partial charge in [-0.2, -0.15) is 0 Å². The molecule has 8 heteroatoms. The number of nitrogens with one attached hydrogen (secondary N) is 1. The molecule has 2 saturated heterocycles. The molecule has 3 atom stereocenters. The zero-order valence-electron chi connectivity index (χ0n) is 22.8. The lowest BCUT2D eigenvalue weighted by molar-refractivity contribution is -0.121. The minimum absolute atomic E-state index is 0.00596. The maximum Gasteiger partial charge on any atom is 0.241 e. The highest BCUT2D eigenvalue weighted by molar-refractivity contribution is 5.97. The summed E-state index contributed by atoms with van der Waals surface area (Å²) >= 11 is 0. The van der Waals surface area contributed by atoms with Gasteiger partial charge in [0.1, 0.15) is 5.82 Å². The lowest BCUT2D eigenvalue weighted by atomic mass is 9.86. The summed E-state index contributed by atoms with van der Waals surface area (Å²) in [7, 11) is 0. The highest BCUT2D eigenvalue weighted by atomic mass is 19.1. The Kier molecular flexibility index (Phi) is 8.16. The first kappa shape index (κ1) is 27.2. The van der Waals surface area contributed by atoms with Gasteiger partial charge in [0.2, 0.25) is 5.91 Å². The standard InChI is InChI=1S/C30H41FN4O3/c1-21-15-34(25(14-32-21)16-33-10-11-38-19-26(33)18-36)17-29(37)35-20-30(2,3)27-9-6-23(13-28(27)35)12-22-4-7-24(31)8-5-22/h4-9,13,21,25-26,32,36H,10-12,14-20H2,1-3H3/t21-,25-,26-/m1/s1. The van der Waals surface area contributed by atoms with Crippen molar-refractivity contribution in [1.82, 2.24) is 15.1 Å². The fraction of sp³-hybridized carbons (Fsp3) is 0.567. The molecule has 1 amide bonds. The Bertz CT molecular complexity index is 1120. The summed E-state index contributed by atoms with van der Waals surface area (Å²) < 4.78 is 18.9. The number of fused-ring (bicyclic) bond motifs is 1. The van der Waals surface area contributed by atoms with Crippen LogP contribution in [0.25, 0.3) is 0 Å². The minimum Gasteiger partial charge on any atom is -0.395 e. The first-order valence-corrected chi connectivity index (χ1v) is 13.8. The van der Waals surface area contributed by atoms with Crippen LogP contribution in [0.4, 0.5) is 10.1 Å². The van der Waals surface area contributed by atoms with E-state index < -0.39 is 0 Å². The van der Waals surface area contributed by atoms with Crippen LogP contribution in [-0.2, 0) is 21.4 Å². The van der Waals surface area contributed by atoms with Crippen LogP contribution in [0.3, 0.4) is 0 Å². The van der Waals surface area contributed by atoms with Crippen molar-refractivity contribution in [2.45, 2.75) is 50.7 Å². The van der Waals surface area contributed by atoms with Crippen molar-refractivity contribution in [2.24, 2.45) is 0 Å². The Labute approximate surface area is 225 Å². The summed E-state index contributed by atoms with van der Waals surface area (Å²) in [6.07, 6.45) is 0.693. The quantitative estimate of drug-likeness (QED) is 0.580. The number of morpholine rings is 1. The Hall–Kier alpha value is -2.36. The van der Waals surface area contributed by atoms with Crippen molar-refractivity contribution < 1.29 is 19.0 Å². The minimum atomic E-state index is -0.234. The first-order valence-electron chi connectivity index (χ1n) is 13.8. The third-order valence-electron chi connectivity index (χ3n) is 8.33. The molecular formula is C30H41FN4O3. The van der Waals surface area contributed by atoms with E-state index in [1.165, 1.54) is 17.7 Å². The van der Waals surface area contributed by atoms with Gasteiger partial charge in [0.25, 0.3) is 0 Å². The fourth-order valence-corrected chi connectivity index (χ4v) is 6.14. The maximum absolute atomic E-state index is 13.9. The van der Waals surface area contributed by atoms with Gasteiger partial charge in [-0.05, 0) is 48.2 Å². The first-order chi connectivity index (χ1) is 18.2. The number of aliphatic hydroxyl groups is 1. The van der Waals surface area contributed by atoms with Crippen LogP contribution in [0.15, 0.2) is 42.5 Å². The fourth-order valence-electron chi connectivity index (χ4n) is 6.14. The Morgan fingerprint density at radius 2 is 1.89 bits per heavy atom. The predicted molar refractivity (Wildman–Crippen MR) is 147 cm³/mol. The number of aliphatic hydroxyl groups excluding tert-OH is 1. The van der Waals surface area contributed by atoms with E-state index in [9.17, 15) is 14.3 Å². The van der Waals surface area contributed by atoms with Gasteiger partial charge in [-0.1, -0.05) is 38.1 Å². The van der Waals surface area contributed by atoms with E-state index in [4.69, 9.17) is 4.74 Å². The molecule has 3 aliphatic rings. The summed E-state index contributed by atoms with van der Waals surface area (Å²) in [5.41, 5.74) is 4.22. The molecule has 206 valence electrons. The van der Waals surface area contributed by atoms with Crippen LogP contribution in [-0.4, -0.2) is 98.0 Å². The molecule has 0 aliphatic carbocycles. The van der Waals surface area contributed by atoms with Crippen LogP contribution < -0.4 is 10.2 Å². The summed E-state index contributed by atoms with van der Waals surface area (Å²) in [4.78, 5) is 20.5. The Balaban J connectivity index is 1.32. The monoisotopic (exact) mass is 524 g/mol. The normalized spacial score (nSPS) is 25.9. The summed E-state index contributed by atoms with van der Waals surface area (Å²) in [6.45, 7) is 12.1. The molecule has 0 aromatic heterocycles. The van der Waals surface area contributed by atoms with E-state index in [0.717, 1.165) is 43.0 Å². The summed E-state index contributed by atoms with van der Waals surface area (Å²) in [6, 6.07) is 13.5.